The number of carbonyl (C=O) groups is 1. The lowest BCUT2D eigenvalue weighted by Crippen LogP contribution is -2.47. The molecule has 1 aliphatic rings. The van der Waals surface area contributed by atoms with Crippen molar-refractivity contribution in [3.63, 3.8) is 0 Å². The number of anilines is 1. The highest BCUT2D eigenvalue weighted by atomic mass is 35.5. The maximum atomic E-state index is 12.8. The second kappa shape index (κ2) is 11.5. The number of carbonyl (C=O) groups excluding carboxylic acids is 1. The summed E-state index contributed by atoms with van der Waals surface area (Å²) in [5.41, 5.74) is 0.555. The molecule has 174 valence electrons. The first-order chi connectivity index (χ1) is 15.4. The van der Waals surface area contributed by atoms with Crippen LogP contribution in [-0.4, -0.2) is 61.1 Å². The van der Waals surface area contributed by atoms with Crippen LogP contribution in [0.5, 0.6) is 17.2 Å². The van der Waals surface area contributed by atoms with E-state index in [1.54, 1.807) is 18.2 Å². The Bertz CT molecular complexity index is 881. The fourth-order valence-corrected chi connectivity index (χ4v) is 4.15. The van der Waals surface area contributed by atoms with E-state index in [0.29, 0.717) is 47.4 Å². The van der Waals surface area contributed by atoms with Crippen LogP contribution in [0.4, 0.5) is 5.69 Å². The predicted molar refractivity (Wildman–Crippen MR) is 130 cm³/mol. The molecule has 32 heavy (non-hydrogen) atoms. The molecule has 3 rings (SSSR count). The van der Waals surface area contributed by atoms with Gasteiger partial charge in [-0.1, -0.05) is 11.6 Å². The minimum atomic E-state index is -0.0856. The van der Waals surface area contributed by atoms with E-state index in [1.165, 1.54) is 0 Å². The van der Waals surface area contributed by atoms with Crippen molar-refractivity contribution in [3.05, 3.63) is 47.5 Å². The third kappa shape index (κ3) is 6.86. The summed E-state index contributed by atoms with van der Waals surface area (Å²) in [5, 5.41) is 3.51. The van der Waals surface area contributed by atoms with Gasteiger partial charge in [0.05, 0.1) is 18.8 Å². The molecule has 1 heterocycles. The molecule has 0 saturated carbocycles. The SMILES string of the molecule is CCOc1ccc(Oc2ccc(Cl)cc2NC(=O)CN(C)C2CCN(C(C)C)CC2)cc1. The summed E-state index contributed by atoms with van der Waals surface area (Å²) in [6, 6.07) is 13.6. The molecule has 0 spiro atoms. The Morgan fingerprint density at radius 3 is 2.44 bits per heavy atom. The molecule has 0 aliphatic carbocycles. The van der Waals surface area contributed by atoms with Crippen LogP contribution < -0.4 is 14.8 Å². The van der Waals surface area contributed by atoms with Crippen molar-refractivity contribution in [3.8, 4) is 17.2 Å². The molecule has 0 aromatic heterocycles. The van der Waals surface area contributed by atoms with Crippen molar-refractivity contribution >= 4 is 23.2 Å². The standard InChI is InChI=1S/C25H34ClN3O3/c1-5-31-21-7-9-22(10-8-21)32-24-11-6-19(26)16-23(24)27-25(30)17-28(4)20-12-14-29(15-13-20)18(2)3/h6-11,16,18,20H,5,12-15,17H2,1-4H3,(H,27,30). The molecule has 1 fully saturated rings. The molecular formula is C25H34ClN3O3. The summed E-state index contributed by atoms with van der Waals surface area (Å²) < 4.78 is 11.5. The van der Waals surface area contributed by atoms with Crippen LogP contribution in [-0.2, 0) is 4.79 Å². The number of nitrogens with one attached hydrogen (secondary N) is 1. The van der Waals surface area contributed by atoms with Crippen molar-refractivity contribution in [2.75, 3.05) is 38.6 Å². The van der Waals surface area contributed by atoms with Gasteiger partial charge in [0.25, 0.3) is 0 Å². The Labute approximate surface area is 196 Å². The number of benzene rings is 2. The maximum Gasteiger partial charge on any atom is 0.238 e. The van der Waals surface area contributed by atoms with Crippen LogP contribution in [0.2, 0.25) is 5.02 Å². The van der Waals surface area contributed by atoms with Crippen LogP contribution in [0.1, 0.15) is 33.6 Å². The molecule has 2 aromatic rings. The zero-order chi connectivity index (χ0) is 23.1. The van der Waals surface area contributed by atoms with Gasteiger partial charge in [-0.3, -0.25) is 9.69 Å². The molecule has 0 bridgehead atoms. The second-order valence-electron chi connectivity index (χ2n) is 8.47. The van der Waals surface area contributed by atoms with Crippen LogP contribution in [0.15, 0.2) is 42.5 Å². The van der Waals surface area contributed by atoms with Crippen molar-refractivity contribution < 1.29 is 14.3 Å². The summed E-state index contributed by atoms with van der Waals surface area (Å²) in [7, 11) is 2.02. The van der Waals surface area contributed by atoms with Crippen LogP contribution in [0.3, 0.4) is 0 Å². The largest absolute Gasteiger partial charge is 0.494 e. The molecule has 6 nitrogen and oxygen atoms in total. The number of hydrogen-bond acceptors (Lipinski definition) is 5. The Morgan fingerprint density at radius 2 is 1.81 bits per heavy atom. The number of amides is 1. The highest BCUT2D eigenvalue weighted by Gasteiger charge is 2.25. The van der Waals surface area contributed by atoms with Gasteiger partial charge in [0.15, 0.2) is 5.75 Å². The number of ether oxygens (including phenoxy) is 2. The molecule has 1 saturated heterocycles. The number of likely N-dealkylation sites (N-methyl/N-ethyl adjacent to an activating group) is 1. The van der Waals surface area contributed by atoms with Gasteiger partial charge in [-0.15, -0.1) is 0 Å². The molecule has 2 aromatic carbocycles. The van der Waals surface area contributed by atoms with E-state index in [9.17, 15) is 4.79 Å². The number of hydrogen-bond donors (Lipinski definition) is 1. The first-order valence-corrected chi connectivity index (χ1v) is 11.7. The van der Waals surface area contributed by atoms with Crippen LogP contribution in [0.25, 0.3) is 0 Å². The molecule has 0 radical (unpaired) electrons. The first-order valence-electron chi connectivity index (χ1n) is 11.3. The third-order valence-corrected chi connectivity index (χ3v) is 6.06. The Morgan fingerprint density at radius 1 is 1.16 bits per heavy atom. The Balaban J connectivity index is 1.60. The smallest absolute Gasteiger partial charge is 0.238 e. The average molecular weight is 460 g/mol. The lowest BCUT2D eigenvalue weighted by atomic mass is 10.0. The predicted octanol–water partition coefficient (Wildman–Crippen LogP) is 5.27. The van der Waals surface area contributed by atoms with Gasteiger partial charge in [0.1, 0.15) is 11.5 Å². The van der Waals surface area contributed by atoms with Gasteiger partial charge < -0.3 is 19.7 Å². The van der Waals surface area contributed by atoms with Crippen molar-refractivity contribution in [1.29, 1.82) is 0 Å². The lowest BCUT2D eigenvalue weighted by molar-refractivity contribution is -0.117. The van der Waals surface area contributed by atoms with Gasteiger partial charge in [-0.05, 0) is 96.2 Å². The summed E-state index contributed by atoms with van der Waals surface area (Å²) in [6.45, 7) is 9.48. The van der Waals surface area contributed by atoms with Gasteiger partial charge in [-0.2, -0.15) is 0 Å². The average Bonchev–Trinajstić information content (AvgIpc) is 2.77. The van der Waals surface area contributed by atoms with E-state index in [2.05, 4.69) is 29.0 Å². The van der Waals surface area contributed by atoms with E-state index >= 15 is 0 Å². The van der Waals surface area contributed by atoms with E-state index in [1.807, 2.05) is 38.2 Å². The van der Waals surface area contributed by atoms with Crippen molar-refractivity contribution in [1.82, 2.24) is 9.80 Å². The number of likely N-dealkylation sites (tertiary alicyclic amines) is 1. The Hall–Kier alpha value is -2.28. The molecule has 1 amide bonds. The second-order valence-corrected chi connectivity index (χ2v) is 8.91. The van der Waals surface area contributed by atoms with E-state index < -0.39 is 0 Å². The summed E-state index contributed by atoms with van der Waals surface area (Å²) in [5.74, 6) is 1.89. The minimum absolute atomic E-state index is 0.0856. The van der Waals surface area contributed by atoms with Gasteiger partial charge in [0, 0.05) is 17.1 Å². The zero-order valence-corrected chi connectivity index (χ0v) is 20.2. The Kier molecular flexibility index (Phi) is 8.79. The quantitative estimate of drug-likeness (QED) is 0.553. The topological polar surface area (TPSA) is 54.0 Å². The van der Waals surface area contributed by atoms with Gasteiger partial charge in [0.2, 0.25) is 5.91 Å². The molecule has 1 aliphatic heterocycles. The molecule has 7 heteroatoms. The number of rotatable bonds is 9. The monoisotopic (exact) mass is 459 g/mol. The van der Waals surface area contributed by atoms with Crippen molar-refractivity contribution in [2.24, 2.45) is 0 Å². The molecular weight excluding hydrogens is 426 g/mol. The fourth-order valence-electron chi connectivity index (χ4n) is 3.97. The number of piperidine rings is 1. The number of nitrogens with zero attached hydrogens (tertiary/aromatic N) is 2. The van der Waals surface area contributed by atoms with Crippen LogP contribution in [0, 0.1) is 0 Å². The zero-order valence-electron chi connectivity index (χ0n) is 19.4. The summed E-state index contributed by atoms with van der Waals surface area (Å²) >= 11 is 6.19. The highest BCUT2D eigenvalue weighted by Crippen LogP contribution is 2.33. The summed E-state index contributed by atoms with van der Waals surface area (Å²) in [4.78, 5) is 17.4. The van der Waals surface area contributed by atoms with E-state index in [-0.39, 0.29) is 5.91 Å². The third-order valence-electron chi connectivity index (χ3n) is 5.82. The fraction of sp³-hybridized carbons (Fsp3) is 0.480. The van der Waals surface area contributed by atoms with E-state index in [0.717, 1.165) is 31.7 Å². The maximum absolute atomic E-state index is 12.8. The molecule has 0 atom stereocenters. The first kappa shape index (κ1) is 24.4. The molecule has 1 N–H and O–H groups in total. The normalized spacial score (nSPS) is 15.2. The summed E-state index contributed by atoms with van der Waals surface area (Å²) in [6.07, 6.45) is 2.15. The van der Waals surface area contributed by atoms with E-state index in [4.69, 9.17) is 21.1 Å². The number of halogens is 1. The van der Waals surface area contributed by atoms with Gasteiger partial charge in [-0.25, -0.2) is 0 Å². The lowest BCUT2D eigenvalue weighted by Gasteiger charge is -2.38. The molecule has 0 unspecified atom stereocenters. The van der Waals surface area contributed by atoms with Gasteiger partial charge >= 0.3 is 0 Å². The highest BCUT2D eigenvalue weighted by molar-refractivity contribution is 6.31. The van der Waals surface area contributed by atoms with Crippen molar-refractivity contribution in [2.45, 2.75) is 45.7 Å². The minimum Gasteiger partial charge on any atom is -0.494 e. The van der Waals surface area contributed by atoms with Crippen LogP contribution >= 0.6 is 11.6 Å².